The number of aromatic nitrogens is 2. The largest absolute Gasteiger partial charge is 0.368 e. The molecule has 0 aliphatic carbocycles. The number of hydrogen-bond donors (Lipinski definition) is 1. The van der Waals surface area contributed by atoms with Crippen LogP contribution in [0.4, 0.5) is 11.8 Å². The Labute approximate surface area is 90.5 Å². The fourth-order valence-corrected chi connectivity index (χ4v) is 2.14. The number of nitrogens with zero attached hydrogens (tertiary/aromatic N) is 3. The maximum atomic E-state index is 5.60. The predicted octanol–water partition coefficient (Wildman–Crippen LogP) is 1.83. The topological polar surface area (TPSA) is 55.0 Å². The van der Waals surface area contributed by atoms with Crippen molar-refractivity contribution < 1.29 is 0 Å². The normalized spacial score (nSPS) is 22.5. The van der Waals surface area contributed by atoms with Crippen LogP contribution < -0.4 is 10.6 Å². The number of nitrogens with two attached hydrogens (primary N) is 1. The van der Waals surface area contributed by atoms with Gasteiger partial charge in [0.1, 0.15) is 5.82 Å². The molecule has 0 bridgehead atoms. The first kappa shape index (κ1) is 10.2. The van der Waals surface area contributed by atoms with Gasteiger partial charge in [-0.05, 0) is 25.8 Å². The zero-order valence-corrected chi connectivity index (χ0v) is 9.19. The number of anilines is 2. The zero-order valence-electron chi connectivity index (χ0n) is 9.19. The second-order valence-corrected chi connectivity index (χ2v) is 4.16. The maximum Gasteiger partial charge on any atom is 0.221 e. The monoisotopic (exact) mass is 206 g/mol. The summed E-state index contributed by atoms with van der Waals surface area (Å²) in [6, 6.07) is 2.50. The van der Waals surface area contributed by atoms with Crippen LogP contribution >= 0.6 is 0 Å². The van der Waals surface area contributed by atoms with Crippen LogP contribution in [-0.4, -0.2) is 22.6 Å². The molecule has 82 valence electrons. The smallest absolute Gasteiger partial charge is 0.221 e. The summed E-state index contributed by atoms with van der Waals surface area (Å²) in [4.78, 5) is 10.5. The van der Waals surface area contributed by atoms with Crippen molar-refractivity contribution in [2.24, 2.45) is 0 Å². The highest BCUT2D eigenvalue weighted by molar-refractivity contribution is 5.42. The number of nitrogen functional groups attached to an aromatic ring is 1. The molecule has 2 N–H and O–H groups in total. The first-order valence-electron chi connectivity index (χ1n) is 5.62. The van der Waals surface area contributed by atoms with Gasteiger partial charge < -0.3 is 10.6 Å². The zero-order chi connectivity index (χ0) is 10.7. The minimum absolute atomic E-state index is 0.365. The summed E-state index contributed by atoms with van der Waals surface area (Å²) in [5.41, 5.74) is 5.60. The van der Waals surface area contributed by atoms with E-state index in [0.29, 0.717) is 12.0 Å². The van der Waals surface area contributed by atoms with E-state index < -0.39 is 0 Å². The minimum Gasteiger partial charge on any atom is -0.368 e. The van der Waals surface area contributed by atoms with E-state index in [2.05, 4.69) is 21.8 Å². The highest BCUT2D eigenvalue weighted by Crippen LogP contribution is 2.22. The van der Waals surface area contributed by atoms with Crippen molar-refractivity contribution in [2.45, 2.75) is 38.6 Å². The van der Waals surface area contributed by atoms with E-state index in [-0.39, 0.29) is 0 Å². The summed E-state index contributed by atoms with van der Waals surface area (Å²) >= 11 is 0. The molecule has 1 fully saturated rings. The lowest BCUT2D eigenvalue weighted by molar-refractivity contribution is 0.611. The van der Waals surface area contributed by atoms with Crippen molar-refractivity contribution in [1.29, 1.82) is 0 Å². The molecule has 0 unspecified atom stereocenters. The number of rotatable bonds is 1. The molecule has 0 amide bonds. The summed E-state index contributed by atoms with van der Waals surface area (Å²) in [5, 5.41) is 0. The van der Waals surface area contributed by atoms with E-state index in [9.17, 15) is 0 Å². The molecule has 2 rings (SSSR count). The molecule has 0 aromatic carbocycles. The molecule has 1 aliphatic rings. The lowest BCUT2D eigenvalue weighted by Gasteiger charge is -2.28. The Kier molecular flexibility index (Phi) is 3.04. The highest BCUT2D eigenvalue weighted by Gasteiger charge is 2.18. The fraction of sp³-hybridized carbons (Fsp3) is 0.636. The van der Waals surface area contributed by atoms with Gasteiger partial charge in [0.2, 0.25) is 5.95 Å². The quantitative estimate of drug-likeness (QED) is 0.761. The van der Waals surface area contributed by atoms with Crippen LogP contribution in [0.15, 0.2) is 12.3 Å². The van der Waals surface area contributed by atoms with Crippen LogP contribution in [-0.2, 0) is 0 Å². The van der Waals surface area contributed by atoms with Gasteiger partial charge in [0, 0.05) is 18.8 Å². The molecule has 1 aromatic heterocycles. The average Bonchev–Trinajstić information content (AvgIpc) is 2.43. The first-order valence-corrected chi connectivity index (χ1v) is 5.62. The standard InChI is InChI=1S/C11H18N4/c1-9-5-3-2-4-8-15(9)10-6-7-13-11(12)14-10/h6-7,9H,2-5,8H2,1H3,(H2,12,13,14)/t9-/m1/s1. The lowest BCUT2D eigenvalue weighted by Crippen LogP contribution is -2.33. The molecule has 4 heteroatoms. The van der Waals surface area contributed by atoms with E-state index in [0.717, 1.165) is 12.4 Å². The summed E-state index contributed by atoms with van der Waals surface area (Å²) in [5.74, 6) is 1.33. The molecular weight excluding hydrogens is 188 g/mol. The van der Waals surface area contributed by atoms with Gasteiger partial charge in [-0.3, -0.25) is 0 Å². The molecule has 4 nitrogen and oxygen atoms in total. The first-order chi connectivity index (χ1) is 7.27. The van der Waals surface area contributed by atoms with Crippen molar-refractivity contribution >= 4 is 11.8 Å². The van der Waals surface area contributed by atoms with Crippen molar-refractivity contribution in [3.05, 3.63) is 12.3 Å². The van der Waals surface area contributed by atoms with Crippen molar-refractivity contribution in [3.63, 3.8) is 0 Å². The molecule has 1 aliphatic heterocycles. The Morgan fingerprint density at radius 3 is 3.07 bits per heavy atom. The highest BCUT2D eigenvalue weighted by atomic mass is 15.2. The van der Waals surface area contributed by atoms with Gasteiger partial charge in [0.15, 0.2) is 0 Å². The SMILES string of the molecule is C[C@@H]1CCCCCN1c1ccnc(N)n1. The van der Waals surface area contributed by atoms with E-state index in [4.69, 9.17) is 5.73 Å². The Balaban J connectivity index is 2.20. The molecule has 1 saturated heterocycles. The van der Waals surface area contributed by atoms with Gasteiger partial charge in [-0.2, -0.15) is 4.98 Å². The Bertz CT molecular complexity index is 326. The third-order valence-corrected chi connectivity index (χ3v) is 3.01. The molecule has 2 heterocycles. The summed E-state index contributed by atoms with van der Waals surface area (Å²) in [7, 11) is 0. The second kappa shape index (κ2) is 4.47. The van der Waals surface area contributed by atoms with Crippen LogP contribution in [0.25, 0.3) is 0 Å². The van der Waals surface area contributed by atoms with E-state index in [1.807, 2.05) is 6.07 Å². The van der Waals surface area contributed by atoms with Crippen LogP contribution in [0.3, 0.4) is 0 Å². The predicted molar refractivity (Wildman–Crippen MR) is 61.7 cm³/mol. The maximum absolute atomic E-state index is 5.60. The van der Waals surface area contributed by atoms with E-state index in [1.165, 1.54) is 25.7 Å². The van der Waals surface area contributed by atoms with Crippen molar-refractivity contribution in [3.8, 4) is 0 Å². The van der Waals surface area contributed by atoms with E-state index >= 15 is 0 Å². The Morgan fingerprint density at radius 1 is 1.40 bits per heavy atom. The molecule has 0 radical (unpaired) electrons. The molecule has 15 heavy (non-hydrogen) atoms. The molecular formula is C11H18N4. The van der Waals surface area contributed by atoms with Gasteiger partial charge in [-0.15, -0.1) is 0 Å². The average molecular weight is 206 g/mol. The third-order valence-electron chi connectivity index (χ3n) is 3.01. The van der Waals surface area contributed by atoms with Gasteiger partial charge >= 0.3 is 0 Å². The van der Waals surface area contributed by atoms with Crippen molar-refractivity contribution in [2.75, 3.05) is 17.2 Å². The molecule has 0 saturated carbocycles. The van der Waals surface area contributed by atoms with Gasteiger partial charge in [-0.1, -0.05) is 12.8 Å². The van der Waals surface area contributed by atoms with Gasteiger partial charge in [0.25, 0.3) is 0 Å². The summed E-state index contributed by atoms with van der Waals surface area (Å²) in [6.07, 6.45) is 6.85. The molecule has 0 spiro atoms. The summed E-state index contributed by atoms with van der Waals surface area (Å²) < 4.78 is 0. The molecule has 1 atom stereocenters. The number of hydrogen-bond acceptors (Lipinski definition) is 4. The Morgan fingerprint density at radius 2 is 2.27 bits per heavy atom. The van der Waals surface area contributed by atoms with Crippen LogP contribution in [0.5, 0.6) is 0 Å². The lowest BCUT2D eigenvalue weighted by atomic mass is 10.1. The van der Waals surface area contributed by atoms with Crippen LogP contribution in [0.1, 0.15) is 32.6 Å². The van der Waals surface area contributed by atoms with Gasteiger partial charge in [0.05, 0.1) is 0 Å². The molecule has 1 aromatic rings. The summed E-state index contributed by atoms with van der Waals surface area (Å²) in [6.45, 7) is 3.33. The second-order valence-electron chi connectivity index (χ2n) is 4.16. The third kappa shape index (κ3) is 2.37. The van der Waals surface area contributed by atoms with Crippen LogP contribution in [0, 0.1) is 0 Å². The van der Waals surface area contributed by atoms with E-state index in [1.54, 1.807) is 6.20 Å². The van der Waals surface area contributed by atoms with Crippen molar-refractivity contribution in [1.82, 2.24) is 9.97 Å². The Hall–Kier alpha value is -1.32. The minimum atomic E-state index is 0.365. The van der Waals surface area contributed by atoms with Gasteiger partial charge in [-0.25, -0.2) is 4.98 Å². The van der Waals surface area contributed by atoms with Crippen LogP contribution in [0.2, 0.25) is 0 Å². The fourth-order valence-electron chi connectivity index (χ4n) is 2.14.